The van der Waals surface area contributed by atoms with Crippen LogP contribution in [0.2, 0.25) is 0 Å². The summed E-state index contributed by atoms with van der Waals surface area (Å²) in [6.07, 6.45) is 9.80. The van der Waals surface area contributed by atoms with E-state index in [1.807, 2.05) is 12.3 Å². The van der Waals surface area contributed by atoms with Crippen molar-refractivity contribution in [2.75, 3.05) is 0 Å². The summed E-state index contributed by atoms with van der Waals surface area (Å²) in [4.78, 5) is 4.45. The Morgan fingerprint density at radius 2 is 1.94 bits per heavy atom. The SMILES string of the molecule is CCCCC(CCC(C)C)Cc1ccccn1. The predicted octanol–water partition coefficient (Wildman–Crippen LogP) is 4.87. The molecule has 0 fully saturated rings. The minimum absolute atomic E-state index is 0.822. The third-order valence-corrected chi connectivity index (χ3v) is 3.34. The number of rotatable bonds is 8. The van der Waals surface area contributed by atoms with Gasteiger partial charge in [0.05, 0.1) is 0 Å². The maximum absolute atomic E-state index is 4.45. The second-order valence-corrected chi connectivity index (χ2v) is 5.50. The van der Waals surface area contributed by atoms with Crippen LogP contribution < -0.4 is 0 Å². The molecule has 0 amide bonds. The van der Waals surface area contributed by atoms with Crippen LogP contribution in [0.4, 0.5) is 0 Å². The largest absolute Gasteiger partial charge is 0.261 e. The summed E-state index contributed by atoms with van der Waals surface area (Å²) < 4.78 is 0. The Balaban J connectivity index is 2.44. The summed E-state index contributed by atoms with van der Waals surface area (Å²) in [7, 11) is 0. The molecular formula is C16H27N. The molecule has 0 saturated carbocycles. The molecule has 96 valence electrons. The van der Waals surface area contributed by atoms with Crippen molar-refractivity contribution >= 4 is 0 Å². The lowest BCUT2D eigenvalue weighted by molar-refractivity contribution is 0.385. The lowest BCUT2D eigenvalue weighted by Gasteiger charge is -2.17. The normalized spacial score (nSPS) is 12.9. The molecule has 1 aromatic heterocycles. The van der Waals surface area contributed by atoms with E-state index in [9.17, 15) is 0 Å². The molecule has 0 aliphatic carbocycles. The Morgan fingerprint density at radius 3 is 2.53 bits per heavy atom. The van der Waals surface area contributed by atoms with Gasteiger partial charge in [-0.1, -0.05) is 52.5 Å². The molecule has 1 heteroatoms. The molecule has 0 N–H and O–H groups in total. The van der Waals surface area contributed by atoms with Gasteiger partial charge in [-0.05, 0) is 36.8 Å². The molecular weight excluding hydrogens is 206 g/mol. The van der Waals surface area contributed by atoms with Crippen LogP contribution in [0.1, 0.15) is 58.6 Å². The lowest BCUT2D eigenvalue weighted by Crippen LogP contribution is -2.07. The zero-order valence-corrected chi connectivity index (χ0v) is 11.7. The zero-order valence-electron chi connectivity index (χ0n) is 11.7. The molecule has 1 heterocycles. The second kappa shape index (κ2) is 8.27. The van der Waals surface area contributed by atoms with Gasteiger partial charge in [-0.15, -0.1) is 0 Å². The molecule has 0 saturated heterocycles. The molecule has 1 rings (SSSR count). The van der Waals surface area contributed by atoms with E-state index in [1.54, 1.807) is 0 Å². The maximum Gasteiger partial charge on any atom is 0.0406 e. The Morgan fingerprint density at radius 1 is 1.12 bits per heavy atom. The summed E-state index contributed by atoms with van der Waals surface area (Å²) in [5.74, 6) is 1.65. The van der Waals surface area contributed by atoms with Gasteiger partial charge in [0.15, 0.2) is 0 Å². The molecule has 0 radical (unpaired) electrons. The van der Waals surface area contributed by atoms with Crippen molar-refractivity contribution in [3.63, 3.8) is 0 Å². The first-order valence-electron chi connectivity index (χ1n) is 7.12. The Hall–Kier alpha value is -0.850. The van der Waals surface area contributed by atoms with Gasteiger partial charge < -0.3 is 0 Å². The van der Waals surface area contributed by atoms with Crippen molar-refractivity contribution in [3.05, 3.63) is 30.1 Å². The number of pyridine rings is 1. The van der Waals surface area contributed by atoms with Crippen LogP contribution in [-0.2, 0) is 6.42 Å². The molecule has 1 nitrogen and oxygen atoms in total. The fourth-order valence-corrected chi connectivity index (χ4v) is 2.22. The van der Waals surface area contributed by atoms with E-state index >= 15 is 0 Å². The molecule has 1 atom stereocenters. The van der Waals surface area contributed by atoms with E-state index in [0.717, 1.165) is 18.3 Å². The van der Waals surface area contributed by atoms with Gasteiger partial charge >= 0.3 is 0 Å². The number of hydrogen-bond donors (Lipinski definition) is 0. The highest BCUT2D eigenvalue weighted by Gasteiger charge is 2.10. The summed E-state index contributed by atoms with van der Waals surface area (Å²) in [6.45, 7) is 6.91. The average Bonchev–Trinajstić information content (AvgIpc) is 2.34. The maximum atomic E-state index is 4.45. The van der Waals surface area contributed by atoms with Crippen LogP contribution in [0.3, 0.4) is 0 Å². The summed E-state index contributed by atoms with van der Waals surface area (Å²) in [5.41, 5.74) is 1.26. The zero-order chi connectivity index (χ0) is 12.5. The van der Waals surface area contributed by atoms with Crippen LogP contribution in [0.15, 0.2) is 24.4 Å². The quantitative estimate of drug-likeness (QED) is 0.624. The van der Waals surface area contributed by atoms with E-state index in [4.69, 9.17) is 0 Å². The first-order valence-corrected chi connectivity index (χ1v) is 7.12. The smallest absolute Gasteiger partial charge is 0.0406 e. The van der Waals surface area contributed by atoms with Gasteiger partial charge in [0, 0.05) is 11.9 Å². The summed E-state index contributed by atoms with van der Waals surface area (Å²) >= 11 is 0. The number of nitrogens with zero attached hydrogens (tertiary/aromatic N) is 1. The minimum atomic E-state index is 0.822. The van der Waals surface area contributed by atoms with Crippen LogP contribution >= 0.6 is 0 Å². The van der Waals surface area contributed by atoms with E-state index < -0.39 is 0 Å². The van der Waals surface area contributed by atoms with Gasteiger partial charge in [0.2, 0.25) is 0 Å². The fourth-order valence-electron chi connectivity index (χ4n) is 2.22. The van der Waals surface area contributed by atoms with E-state index in [0.29, 0.717) is 0 Å². The monoisotopic (exact) mass is 233 g/mol. The Kier molecular flexibility index (Phi) is 6.91. The van der Waals surface area contributed by atoms with Crippen molar-refractivity contribution in [2.24, 2.45) is 11.8 Å². The molecule has 0 bridgehead atoms. The van der Waals surface area contributed by atoms with Gasteiger partial charge in [0.25, 0.3) is 0 Å². The Labute approximate surface area is 107 Å². The number of hydrogen-bond acceptors (Lipinski definition) is 1. The second-order valence-electron chi connectivity index (χ2n) is 5.50. The van der Waals surface area contributed by atoms with E-state index in [-0.39, 0.29) is 0 Å². The van der Waals surface area contributed by atoms with Crippen LogP contribution in [-0.4, -0.2) is 4.98 Å². The Bertz CT molecular complexity index is 279. The van der Waals surface area contributed by atoms with Crippen molar-refractivity contribution in [1.29, 1.82) is 0 Å². The van der Waals surface area contributed by atoms with E-state index in [1.165, 1.54) is 37.8 Å². The molecule has 0 aromatic carbocycles. The highest BCUT2D eigenvalue weighted by Crippen LogP contribution is 2.21. The lowest BCUT2D eigenvalue weighted by atomic mass is 9.89. The van der Waals surface area contributed by atoms with Crippen molar-refractivity contribution in [3.8, 4) is 0 Å². The molecule has 1 unspecified atom stereocenters. The molecule has 0 aliphatic rings. The predicted molar refractivity (Wildman–Crippen MR) is 75.0 cm³/mol. The third kappa shape index (κ3) is 6.45. The van der Waals surface area contributed by atoms with Gasteiger partial charge in [-0.3, -0.25) is 4.98 Å². The average molecular weight is 233 g/mol. The molecule has 1 aromatic rings. The summed E-state index contributed by atoms with van der Waals surface area (Å²) in [5, 5.41) is 0. The van der Waals surface area contributed by atoms with Gasteiger partial charge in [-0.25, -0.2) is 0 Å². The van der Waals surface area contributed by atoms with Crippen LogP contribution in [0, 0.1) is 11.8 Å². The van der Waals surface area contributed by atoms with Crippen LogP contribution in [0.5, 0.6) is 0 Å². The topological polar surface area (TPSA) is 12.9 Å². The molecule has 0 spiro atoms. The van der Waals surface area contributed by atoms with Crippen molar-refractivity contribution < 1.29 is 0 Å². The number of unbranched alkanes of at least 4 members (excludes halogenated alkanes) is 1. The van der Waals surface area contributed by atoms with Crippen LogP contribution in [0.25, 0.3) is 0 Å². The highest BCUT2D eigenvalue weighted by atomic mass is 14.7. The first-order chi connectivity index (χ1) is 8.22. The van der Waals surface area contributed by atoms with Crippen molar-refractivity contribution in [2.45, 2.75) is 59.3 Å². The van der Waals surface area contributed by atoms with E-state index in [2.05, 4.69) is 37.9 Å². The van der Waals surface area contributed by atoms with Gasteiger partial charge in [-0.2, -0.15) is 0 Å². The first kappa shape index (κ1) is 14.2. The van der Waals surface area contributed by atoms with Gasteiger partial charge in [0.1, 0.15) is 0 Å². The minimum Gasteiger partial charge on any atom is -0.261 e. The standard InChI is InChI=1S/C16H27N/c1-4-5-8-15(11-10-14(2)3)13-16-9-6-7-12-17-16/h6-7,9,12,14-15H,4-5,8,10-11,13H2,1-3H3. The van der Waals surface area contributed by atoms with Crippen molar-refractivity contribution in [1.82, 2.24) is 4.98 Å². The fraction of sp³-hybridized carbons (Fsp3) is 0.688. The highest BCUT2D eigenvalue weighted by molar-refractivity contribution is 5.04. The molecule has 0 aliphatic heterocycles. The molecule has 17 heavy (non-hydrogen) atoms. The summed E-state index contributed by atoms with van der Waals surface area (Å²) in [6, 6.07) is 6.26. The number of aromatic nitrogens is 1. The third-order valence-electron chi connectivity index (χ3n) is 3.34.